The first-order valence-corrected chi connectivity index (χ1v) is 10.4. The summed E-state index contributed by atoms with van der Waals surface area (Å²) in [5, 5.41) is 13.5. The molecule has 0 saturated heterocycles. The Morgan fingerprint density at radius 3 is 2.19 bits per heavy atom. The highest BCUT2D eigenvalue weighted by atomic mass is 16.4. The molecule has 0 saturated carbocycles. The van der Waals surface area contributed by atoms with E-state index in [1.807, 2.05) is 66.9 Å². The van der Waals surface area contributed by atoms with Crippen molar-refractivity contribution < 1.29 is 14.7 Å². The number of nitrogens with one attached hydrogen (secondary N) is 2. The molecule has 3 N–H and O–H groups in total. The van der Waals surface area contributed by atoms with Gasteiger partial charge < -0.3 is 15.4 Å². The quantitative estimate of drug-likeness (QED) is 0.438. The molecule has 5 nitrogen and oxygen atoms in total. The third kappa shape index (κ3) is 3.48. The van der Waals surface area contributed by atoms with E-state index < -0.39 is 12.0 Å². The Balaban J connectivity index is 1.36. The lowest BCUT2D eigenvalue weighted by Crippen LogP contribution is -2.42. The highest BCUT2D eigenvalue weighted by molar-refractivity contribution is 5.88. The van der Waals surface area contributed by atoms with Crippen LogP contribution in [0, 0.1) is 0 Å². The van der Waals surface area contributed by atoms with Gasteiger partial charge in [-0.15, -0.1) is 0 Å². The zero-order valence-corrected chi connectivity index (χ0v) is 16.8. The minimum Gasteiger partial charge on any atom is -0.480 e. The smallest absolute Gasteiger partial charge is 0.326 e. The van der Waals surface area contributed by atoms with Crippen molar-refractivity contribution in [2.45, 2.75) is 24.8 Å². The van der Waals surface area contributed by atoms with Crippen molar-refractivity contribution in [3.8, 4) is 11.1 Å². The Labute approximate surface area is 179 Å². The van der Waals surface area contributed by atoms with Crippen LogP contribution in [-0.2, 0) is 16.0 Å². The van der Waals surface area contributed by atoms with Crippen LogP contribution in [0.2, 0.25) is 0 Å². The summed E-state index contributed by atoms with van der Waals surface area (Å²) in [6.07, 6.45) is 2.25. The first kappa shape index (κ1) is 19.1. The summed E-state index contributed by atoms with van der Waals surface area (Å²) in [5.74, 6) is -1.37. The van der Waals surface area contributed by atoms with Crippen LogP contribution >= 0.6 is 0 Å². The normalized spacial score (nSPS) is 13.5. The molecule has 0 radical (unpaired) electrons. The zero-order valence-electron chi connectivity index (χ0n) is 16.8. The number of carbonyl (C=O) groups excluding carboxylic acids is 1. The van der Waals surface area contributed by atoms with Gasteiger partial charge in [0.05, 0.1) is 0 Å². The van der Waals surface area contributed by atoms with Gasteiger partial charge in [-0.3, -0.25) is 4.79 Å². The van der Waals surface area contributed by atoms with E-state index in [-0.39, 0.29) is 24.7 Å². The van der Waals surface area contributed by atoms with Crippen molar-refractivity contribution in [3.63, 3.8) is 0 Å². The molecule has 5 heteroatoms. The van der Waals surface area contributed by atoms with Crippen LogP contribution in [0.5, 0.6) is 0 Å². The van der Waals surface area contributed by atoms with Gasteiger partial charge in [-0.1, -0.05) is 66.7 Å². The van der Waals surface area contributed by atoms with Crippen molar-refractivity contribution in [2.75, 3.05) is 0 Å². The molecule has 1 heterocycles. The molecule has 0 aliphatic heterocycles. The van der Waals surface area contributed by atoms with Crippen LogP contribution in [0.15, 0.2) is 79.0 Å². The fourth-order valence-corrected chi connectivity index (χ4v) is 4.64. The average Bonchev–Trinajstić information content (AvgIpc) is 3.33. The first-order chi connectivity index (χ1) is 15.1. The van der Waals surface area contributed by atoms with Crippen molar-refractivity contribution in [1.82, 2.24) is 10.3 Å². The molecule has 1 unspecified atom stereocenters. The number of hydrogen-bond donors (Lipinski definition) is 3. The molecule has 0 bridgehead atoms. The van der Waals surface area contributed by atoms with Gasteiger partial charge in [-0.05, 0) is 33.9 Å². The van der Waals surface area contributed by atoms with E-state index in [0.717, 1.165) is 38.7 Å². The SMILES string of the molecule is O=C(CC1c2ccccc2-c2ccccc21)NC(Cc1c[nH]c2ccccc12)C(=O)O. The van der Waals surface area contributed by atoms with Gasteiger partial charge in [0, 0.05) is 35.9 Å². The molecular weight excluding hydrogens is 388 g/mol. The lowest BCUT2D eigenvalue weighted by atomic mass is 9.93. The lowest BCUT2D eigenvalue weighted by molar-refractivity contribution is -0.141. The zero-order chi connectivity index (χ0) is 21.4. The van der Waals surface area contributed by atoms with Gasteiger partial charge in [0.2, 0.25) is 5.91 Å². The molecule has 3 aromatic carbocycles. The number of benzene rings is 3. The monoisotopic (exact) mass is 410 g/mol. The molecule has 1 atom stereocenters. The van der Waals surface area contributed by atoms with Crippen molar-refractivity contribution in [3.05, 3.63) is 95.7 Å². The number of para-hydroxylation sites is 1. The van der Waals surface area contributed by atoms with Crippen molar-refractivity contribution >= 4 is 22.8 Å². The highest BCUT2D eigenvalue weighted by Crippen LogP contribution is 2.45. The molecule has 4 aromatic rings. The number of aromatic nitrogens is 1. The summed E-state index contributed by atoms with van der Waals surface area (Å²) in [7, 11) is 0. The number of aliphatic carboxylic acids is 1. The number of carbonyl (C=O) groups is 2. The van der Waals surface area contributed by atoms with E-state index in [2.05, 4.69) is 22.4 Å². The number of H-pyrrole nitrogens is 1. The molecule has 0 fully saturated rings. The summed E-state index contributed by atoms with van der Waals surface area (Å²) in [4.78, 5) is 28.0. The van der Waals surface area contributed by atoms with Crippen LogP contribution in [0.3, 0.4) is 0 Å². The number of rotatable bonds is 6. The van der Waals surface area contributed by atoms with Crippen LogP contribution in [0.25, 0.3) is 22.0 Å². The van der Waals surface area contributed by atoms with Gasteiger partial charge in [0.1, 0.15) is 6.04 Å². The number of aromatic amines is 1. The Kier molecular flexibility index (Phi) is 4.79. The van der Waals surface area contributed by atoms with Crippen LogP contribution in [0.4, 0.5) is 0 Å². The van der Waals surface area contributed by atoms with Gasteiger partial charge in [-0.2, -0.15) is 0 Å². The second kappa shape index (κ2) is 7.76. The third-order valence-corrected chi connectivity index (χ3v) is 6.08. The van der Waals surface area contributed by atoms with E-state index >= 15 is 0 Å². The number of carboxylic acid groups (broad SMARTS) is 1. The predicted octanol–water partition coefficient (Wildman–Crippen LogP) is 4.48. The van der Waals surface area contributed by atoms with Crippen LogP contribution in [0.1, 0.15) is 29.0 Å². The van der Waals surface area contributed by atoms with Crippen molar-refractivity contribution in [1.29, 1.82) is 0 Å². The summed E-state index contributed by atoms with van der Waals surface area (Å²) in [5.41, 5.74) is 6.34. The number of hydrogen-bond acceptors (Lipinski definition) is 2. The number of fused-ring (bicyclic) bond motifs is 4. The Morgan fingerprint density at radius 2 is 1.52 bits per heavy atom. The summed E-state index contributed by atoms with van der Waals surface area (Å²) in [6.45, 7) is 0. The fraction of sp³-hybridized carbons (Fsp3) is 0.154. The standard InChI is InChI=1S/C26H22N2O3/c29-25(14-22-20-10-3-1-8-18(20)19-9-2-4-11-21(19)22)28-24(26(30)31)13-16-15-27-23-12-6-5-7-17(16)23/h1-12,15,22,24,27H,13-14H2,(H,28,29)(H,30,31). The summed E-state index contributed by atoms with van der Waals surface area (Å²) >= 11 is 0. The van der Waals surface area contributed by atoms with E-state index in [1.54, 1.807) is 0 Å². The lowest BCUT2D eigenvalue weighted by Gasteiger charge is -2.17. The van der Waals surface area contributed by atoms with Gasteiger partial charge in [0.25, 0.3) is 0 Å². The Bertz CT molecular complexity index is 1250. The third-order valence-electron chi connectivity index (χ3n) is 6.08. The van der Waals surface area contributed by atoms with E-state index in [9.17, 15) is 14.7 Å². The summed E-state index contributed by atoms with van der Waals surface area (Å²) < 4.78 is 0. The Morgan fingerprint density at radius 1 is 0.903 bits per heavy atom. The van der Waals surface area contributed by atoms with Gasteiger partial charge in [0.15, 0.2) is 0 Å². The largest absolute Gasteiger partial charge is 0.480 e. The highest BCUT2D eigenvalue weighted by Gasteiger charge is 2.31. The average molecular weight is 410 g/mol. The van der Waals surface area contributed by atoms with Crippen LogP contribution in [-0.4, -0.2) is 28.0 Å². The van der Waals surface area contributed by atoms with Gasteiger partial charge >= 0.3 is 5.97 Å². The van der Waals surface area contributed by atoms with Gasteiger partial charge in [-0.25, -0.2) is 4.79 Å². The predicted molar refractivity (Wildman–Crippen MR) is 120 cm³/mol. The molecule has 1 aliphatic rings. The maximum Gasteiger partial charge on any atom is 0.326 e. The fourth-order valence-electron chi connectivity index (χ4n) is 4.64. The minimum atomic E-state index is -1.04. The second-order valence-corrected chi connectivity index (χ2v) is 7.95. The number of carboxylic acids is 1. The van der Waals surface area contributed by atoms with Crippen molar-refractivity contribution in [2.24, 2.45) is 0 Å². The molecule has 1 amide bonds. The molecule has 31 heavy (non-hydrogen) atoms. The molecule has 5 rings (SSSR count). The minimum absolute atomic E-state index is 0.0741. The molecule has 154 valence electrons. The second-order valence-electron chi connectivity index (χ2n) is 7.95. The number of amides is 1. The topological polar surface area (TPSA) is 82.2 Å². The molecular formula is C26H22N2O3. The molecule has 1 aliphatic carbocycles. The van der Waals surface area contributed by atoms with E-state index in [4.69, 9.17) is 0 Å². The Hall–Kier alpha value is -3.86. The summed E-state index contributed by atoms with van der Waals surface area (Å²) in [6, 6.07) is 23.0. The molecule has 0 spiro atoms. The maximum atomic E-state index is 12.9. The molecule has 1 aromatic heterocycles. The first-order valence-electron chi connectivity index (χ1n) is 10.4. The van der Waals surface area contributed by atoms with E-state index in [0.29, 0.717) is 0 Å². The maximum absolute atomic E-state index is 12.9. The van der Waals surface area contributed by atoms with Crippen LogP contribution < -0.4 is 5.32 Å². The van der Waals surface area contributed by atoms with E-state index in [1.165, 1.54) is 0 Å².